The van der Waals surface area contributed by atoms with Gasteiger partial charge < -0.3 is 43.1 Å². The Morgan fingerprint density at radius 1 is 1.09 bits per heavy atom. The summed E-state index contributed by atoms with van der Waals surface area (Å²) < 4.78 is 35.2. The van der Waals surface area contributed by atoms with E-state index in [9.17, 15) is 14.9 Å². The lowest BCUT2D eigenvalue weighted by Gasteiger charge is -2.44. The van der Waals surface area contributed by atoms with Crippen molar-refractivity contribution in [3.8, 4) is 11.5 Å². The average molecular weight is 646 g/mol. The Kier molecular flexibility index (Phi) is 12.3. The highest BCUT2D eigenvalue weighted by atomic mass is 17.0. The lowest BCUT2D eigenvalue weighted by Crippen LogP contribution is -2.55. The standard InChI is InChI=1S/C33H47N3O10/c1-23(46-36(38)39)21-43-29-19-35(32(37)45-33(2,3)4)20-30(31(29)25-9-11-26(41-6)12-10-25)44-22-24-8-13-28-27(18-24)34(15-17-42-28)14-7-16-40-5/h8-13,18,23,29-31H,7,14-17,19-22H2,1-6H3/t23-,29+,30-,31-/m0/s1. The molecule has 0 aromatic heterocycles. The van der Waals surface area contributed by atoms with Crippen LogP contribution in [0.1, 0.15) is 51.2 Å². The summed E-state index contributed by atoms with van der Waals surface area (Å²) in [5.74, 6) is 1.21. The molecule has 1 fully saturated rings. The molecule has 2 aromatic carbocycles. The van der Waals surface area contributed by atoms with E-state index in [-0.39, 0.29) is 32.2 Å². The molecule has 2 heterocycles. The molecule has 2 aliphatic heterocycles. The van der Waals surface area contributed by atoms with E-state index in [2.05, 4.69) is 11.0 Å². The number of hydrogen-bond acceptors (Lipinski definition) is 11. The molecule has 2 aromatic rings. The van der Waals surface area contributed by atoms with Gasteiger partial charge in [-0.3, -0.25) is 0 Å². The minimum absolute atomic E-state index is 0.0586. The largest absolute Gasteiger partial charge is 0.497 e. The Morgan fingerprint density at radius 3 is 2.46 bits per heavy atom. The second-order valence-corrected chi connectivity index (χ2v) is 12.5. The molecule has 0 radical (unpaired) electrons. The molecule has 13 heteroatoms. The van der Waals surface area contributed by atoms with E-state index >= 15 is 0 Å². The van der Waals surface area contributed by atoms with Gasteiger partial charge in [0.2, 0.25) is 0 Å². The van der Waals surface area contributed by atoms with Crippen LogP contribution in [0.4, 0.5) is 10.5 Å². The summed E-state index contributed by atoms with van der Waals surface area (Å²) in [7, 11) is 3.30. The third-order valence-electron chi connectivity index (χ3n) is 7.79. The van der Waals surface area contributed by atoms with E-state index in [0.29, 0.717) is 19.0 Å². The van der Waals surface area contributed by atoms with Gasteiger partial charge in [-0.25, -0.2) is 4.79 Å². The molecular weight excluding hydrogens is 598 g/mol. The first-order chi connectivity index (χ1) is 22.0. The van der Waals surface area contributed by atoms with Gasteiger partial charge in [0.25, 0.3) is 5.09 Å². The summed E-state index contributed by atoms with van der Waals surface area (Å²) in [6.45, 7) is 10.6. The summed E-state index contributed by atoms with van der Waals surface area (Å²) >= 11 is 0. The van der Waals surface area contributed by atoms with Crippen LogP contribution >= 0.6 is 0 Å². The van der Waals surface area contributed by atoms with Crippen molar-refractivity contribution < 1.29 is 43.1 Å². The number of nitrogens with zero attached hydrogens (tertiary/aromatic N) is 3. The SMILES string of the molecule is COCCCN1CCOc2ccc(CO[C@H]3CN(C(=O)OC(C)(C)C)C[C@@H](OC[C@H](C)O[N+](=O)[O-])[C@@H]3c3ccc(OC)cc3)cc21. The first-order valence-corrected chi connectivity index (χ1v) is 15.6. The first-order valence-electron chi connectivity index (χ1n) is 15.6. The zero-order valence-electron chi connectivity index (χ0n) is 27.6. The normalized spacial score (nSPS) is 20.3. The summed E-state index contributed by atoms with van der Waals surface area (Å²) in [4.78, 5) is 32.8. The molecule has 4 atom stereocenters. The molecule has 0 bridgehead atoms. The van der Waals surface area contributed by atoms with Crippen LogP contribution in [0.15, 0.2) is 42.5 Å². The molecule has 0 N–H and O–H groups in total. The average Bonchev–Trinajstić information content (AvgIpc) is 3.01. The topological polar surface area (TPSA) is 131 Å². The monoisotopic (exact) mass is 645 g/mol. The van der Waals surface area contributed by atoms with E-state index in [1.165, 1.54) is 0 Å². The van der Waals surface area contributed by atoms with Gasteiger partial charge >= 0.3 is 6.09 Å². The van der Waals surface area contributed by atoms with Gasteiger partial charge in [-0.05, 0) is 69.5 Å². The second-order valence-electron chi connectivity index (χ2n) is 12.5. The van der Waals surface area contributed by atoms with E-state index in [1.807, 2.05) is 57.2 Å². The Bertz CT molecular complexity index is 1290. The molecule has 0 spiro atoms. The number of carbonyl (C=O) groups is 1. The zero-order valence-corrected chi connectivity index (χ0v) is 27.6. The van der Waals surface area contributed by atoms with Crippen molar-refractivity contribution in [3.63, 3.8) is 0 Å². The van der Waals surface area contributed by atoms with Crippen LogP contribution in [0.5, 0.6) is 11.5 Å². The predicted octanol–water partition coefficient (Wildman–Crippen LogP) is 4.83. The van der Waals surface area contributed by atoms with Crippen molar-refractivity contribution in [2.75, 3.05) is 65.1 Å². The molecule has 1 saturated heterocycles. The first kappa shape index (κ1) is 35.1. The van der Waals surface area contributed by atoms with Gasteiger partial charge in [0.15, 0.2) is 0 Å². The van der Waals surface area contributed by atoms with E-state index in [1.54, 1.807) is 26.0 Å². The van der Waals surface area contributed by atoms with Crippen LogP contribution < -0.4 is 14.4 Å². The van der Waals surface area contributed by atoms with E-state index in [0.717, 1.165) is 42.1 Å². The smallest absolute Gasteiger partial charge is 0.410 e. The van der Waals surface area contributed by atoms with Crippen molar-refractivity contribution in [1.82, 2.24) is 4.90 Å². The summed E-state index contributed by atoms with van der Waals surface area (Å²) in [5, 5.41) is 10.1. The minimum atomic E-state index is -0.836. The van der Waals surface area contributed by atoms with Crippen molar-refractivity contribution in [2.45, 2.75) is 70.6 Å². The van der Waals surface area contributed by atoms with Gasteiger partial charge in [0, 0.05) is 26.2 Å². The quantitative estimate of drug-likeness (QED) is 0.159. The summed E-state index contributed by atoms with van der Waals surface area (Å²) in [5.41, 5.74) is 2.18. The number of fused-ring (bicyclic) bond motifs is 1. The predicted molar refractivity (Wildman–Crippen MR) is 170 cm³/mol. The number of likely N-dealkylation sites (tertiary alicyclic amines) is 1. The highest BCUT2D eigenvalue weighted by Gasteiger charge is 2.42. The fourth-order valence-electron chi connectivity index (χ4n) is 5.70. The van der Waals surface area contributed by atoms with E-state index < -0.39 is 35.1 Å². The lowest BCUT2D eigenvalue weighted by molar-refractivity contribution is -0.768. The van der Waals surface area contributed by atoms with Crippen LogP contribution in [0, 0.1) is 10.1 Å². The molecule has 2 aliphatic rings. The molecule has 46 heavy (non-hydrogen) atoms. The Labute approximate surface area is 270 Å². The third-order valence-corrected chi connectivity index (χ3v) is 7.79. The number of piperidine rings is 1. The maximum Gasteiger partial charge on any atom is 0.410 e. The molecule has 0 unspecified atom stereocenters. The van der Waals surface area contributed by atoms with Crippen LogP contribution in [0.2, 0.25) is 0 Å². The molecule has 0 aliphatic carbocycles. The second kappa shape index (κ2) is 16.1. The van der Waals surface area contributed by atoms with Crippen molar-refractivity contribution >= 4 is 11.8 Å². The number of rotatable bonds is 14. The summed E-state index contributed by atoms with van der Waals surface area (Å²) in [6, 6.07) is 13.7. The number of hydrogen-bond donors (Lipinski definition) is 0. The summed E-state index contributed by atoms with van der Waals surface area (Å²) in [6.07, 6.45) is -1.49. The van der Waals surface area contributed by atoms with Gasteiger partial charge in [0.1, 0.15) is 29.8 Å². The van der Waals surface area contributed by atoms with Crippen LogP contribution in [0.3, 0.4) is 0 Å². The minimum Gasteiger partial charge on any atom is -0.497 e. The highest BCUT2D eigenvalue weighted by Crippen LogP contribution is 2.37. The lowest BCUT2D eigenvalue weighted by atomic mass is 9.84. The van der Waals surface area contributed by atoms with Crippen molar-refractivity contribution in [2.24, 2.45) is 0 Å². The zero-order chi connectivity index (χ0) is 33.3. The Morgan fingerprint density at radius 2 is 1.80 bits per heavy atom. The number of carbonyl (C=O) groups excluding carboxylic acids is 1. The Hall–Kier alpha value is -3.81. The number of ether oxygens (including phenoxy) is 6. The van der Waals surface area contributed by atoms with Crippen molar-refractivity contribution in [3.05, 3.63) is 63.7 Å². The van der Waals surface area contributed by atoms with Crippen molar-refractivity contribution in [1.29, 1.82) is 0 Å². The molecular formula is C33H47N3O10. The molecule has 1 amide bonds. The number of methoxy groups -OCH3 is 2. The highest BCUT2D eigenvalue weighted by molar-refractivity contribution is 5.68. The van der Waals surface area contributed by atoms with E-state index in [4.69, 9.17) is 33.3 Å². The van der Waals surface area contributed by atoms with Crippen LogP contribution in [0.25, 0.3) is 0 Å². The van der Waals surface area contributed by atoms with Crippen LogP contribution in [-0.4, -0.2) is 100 Å². The molecule has 254 valence electrons. The van der Waals surface area contributed by atoms with Gasteiger partial charge in [-0.15, -0.1) is 10.1 Å². The fourth-order valence-corrected chi connectivity index (χ4v) is 5.70. The maximum atomic E-state index is 13.3. The van der Waals surface area contributed by atoms with Gasteiger partial charge in [0.05, 0.1) is 57.9 Å². The van der Waals surface area contributed by atoms with Gasteiger partial charge in [-0.1, -0.05) is 18.2 Å². The van der Waals surface area contributed by atoms with Gasteiger partial charge in [-0.2, -0.15) is 0 Å². The third kappa shape index (κ3) is 9.84. The fraction of sp³-hybridized carbons (Fsp3) is 0.606. The molecule has 13 nitrogen and oxygen atoms in total. The van der Waals surface area contributed by atoms with Crippen LogP contribution in [-0.2, 0) is 30.4 Å². The molecule has 4 rings (SSSR count). The number of amides is 1. The molecule has 0 saturated carbocycles. The number of benzene rings is 2. The number of anilines is 1. The maximum absolute atomic E-state index is 13.3. The Balaban J connectivity index is 1.61.